The van der Waals surface area contributed by atoms with Crippen LogP contribution in [0.15, 0.2) is 6.07 Å². The van der Waals surface area contributed by atoms with Gasteiger partial charge in [-0.05, 0) is 44.7 Å². The Kier molecular flexibility index (Phi) is 6.79. The molecule has 2 aromatic heterocycles. The van der Waals surface area contributed by atoms with Gasteiger partial charge in [-0.2, -0.15) is 23.1 Å². The highest BCUT2D eigenvalue weighted by atomic mass is 19.4. The number of alkyl halides is 3. The third-order valence-corrected chi connectivity index (χ3v) is 9.32. The number of hydrogen-bond acceptors (Lipinski definition) is 10. The minimum Gasteiger partial charge on any atom is -0.472 e. The van der Waals surface area contributed by atoms with E-state index in [1.807, 2.05) is 11.8 Å². The maximum Gasteiger partial charge on any atom is 0.417 e. The first-order valence-corrected chi connectivity index (χ1v) is 14.5. The lowest BCUT2D eigenvalue weighted by atomic mass is 9.90. The van der Waals surface area contributed by atoms with Gasteiger partial charge in [0.1, 0.15) is 40.9 Å². The summed E-state index contributed by atoms with van der Waals surface area (Å²) in [6, 6.07) is 0.401. The van der Waals surface area contributed by atoms with E-state index in [1.165, 1.54) is 0 Å². The van der Waals surface area contributed by atoms with Crippen molar-refractivity contribution in [1.29, 1.82) is 0 Å². The fraction of sp³-hybridized carbons (Fsp3) is 0.552. The predicted molar refractivity (Wildman–Crippen MR) is 148 cm³/mol. The van der Waals surface area contributed by atoms with Crippen molar-refractivity contribution in [2.24, 2.45) is 5.41 Å². The quantitative estimate of drug-likeness (QED) is 0.286. The summed E-state index contributed by atoms with van der Waals surface area (Å²) in [7, 11) is 0. The van der Waals surface area contributed by atoms with Crippen molar-refractivity contribution >= 4 is 22.4 Å². The average molecular weight is 623 g/mol. The number of nitrogens with one attached hydrogen (secondary N) is 1. The number of piperazine rings is 1. The van der Waals surface area contributed by atoms with Crippen molar-refractivity contribution in [3.63, 3.8) is 0 Å². The van der Waals surface area contributed by atoms with Crippen LogP contribution in [0.1, 0.15) is 37.3 Å². The number of nitrogens with zero attached hydrogens (tertiary/aromatic N) is 4. The van der Waals surface area contributed by atoms with Gasteiger partial charge in [-0.25, -0.2) is 13.8 Å². The van der Waals surface area contributed by atoms with Gasteiger partial charge < -0.3 is 35.3 Å². The molecule has 3 aromatic rings. The number of aliphatic hydroxyl groups excluding tert-OH is 1. The highest BCUT2D eigenvalue weighted by Gasteiger charge is 2.48. The Morgan fingerprint density at radius 1 is 1.20 bits per heavy atom. The van der Waals surface area contributed by atoms with Gasteiger partial charge in [0.15, 0.2) is 5.82 Å². The SMILES string of the molecule is Cc1c(F)c(N)cc(-c2nc3c4c(nc(OCC5(CO)CCOC5)nc4c2F)N2C[C@H]4CC[C@H](N4)[C@H]2[C@H](C)O3)c1C(F)(F)F. The topological polar surface area (TPSA) is 128 Å². The van der Waals surface area contributed by atoms with Gasteiger partial charge in [0.2, 0.25) is 5.88 Å². The van der Waals surface area contributed by atoms with Crippen molar-refractivity contribution in [1.82, 2.24) is 20.3 Å². The number of aromatic nitrogens is 3. The monoisotopic (exact) mass is 622 g/mol. The predicted octanol–water partition coefficient (Wildman–Crippen LogP) is 3.75. The van der Waals surface area contributed by atoms with E-state index in [0.717, 1.165) is 25.8 Å². The summed E-state index contributed by atoms with van der Waals surface area (Å²) >= 11 is 0. The Morgan fingerprint density at radius 2 is 2.00 bits per heavy atom. The summed E-state index contributed by atoms with van der Waals surface area (Å²) in [5.74, 6) is -2.31. The molecule has 44 heavy (non-hydrogen) atoms. The first-order chi connectivity index (χ1) is 20.9. The van der Waals surface area contributed by atoms with Crippen LogP contribution < -0.4 is 25.4 Å². The molecule has 5 atom stereocenters. The molecule has 6 heterocycles. The molecule has 0 amide bonds. The zero-order chi connectivity index (χ0) is 31.1. The van der Waals surface area contributed by atoms with Gasteiger partial charge >= 0.3 is 12.2 Å². The molecule has 4 aliphatic rings. The number of pyridine rings is 1. The van der Waals surface area contributed by atoms with E-state index in [-0.39, 0.29) is 66.6 Å². The van der Waals surface area contributed by atoms with Gasteiger partial charge in [-0.15, -0.1) is 0 Å². The number of benzene rings is 1. The van der Waals surface area contributed by atoms with Crippen molar-refractivity contribution in [2.75, 3.05) is 43.6 Å². The van der Waals surface area contributed by atoms with E-state index in [4.69, 9.17) is 19.9 Å². The van der Waals surface area contributed by atoms with E-state index >= 15 is 4.39 Å². The molecule has 3 saturated heterocycles. The number of hydrogen-bond donors (Lipinski definition) is 3. The summed E-state index contributed by atoms with van der Waals surface area (Å²) in [6.45, 7) is 3.69. The lowest BCUT2D eigenvalue weighted by Crippen LogP contribution is -2.62. The van der Waals surface area contributed by atoms with Crippen LogP contribution in [0.25, 0.3) is 22.2 Å². The first kappa shape index (κ1) is 29.2. The lowest BCUT2D eigenvalue weighted by molar-refractivity contribution is -0.137. The second-order valence-corrected chi connectivity index (χ2v) is 12.2. The molecule has 3 fully saturated rings. The fourth-order valence-electron chi connectivity index (χ4n) is 7.06. The zero-order valence-electron chi connectivity index (χ0n) is 24.0. The lowest BCUT2D eigenvalue weighted by Gasteiger charge is -2.42. The van der Waals surface area contributed by atoms with Crippen LogP contribution >= 0.6 is 0 Å². The third kappa shape index (κ3) is 4.50. The summed E-state index contributed by atoms with van der Waals surface area (Å²) in [5.41, 5.74) is 0.401. The maximum atomic E-state index is 16.6. The van der Waals surface area contributed by atoms with Crippen LogP contribution in [-0.4, -0.2) is 77.3 Å². The summed E-state index contributed by atoms with van der Waals surface area (Å²) < 4.78 is 91.9. The van der Waals surface area contributed by atoms with Crippen LogP contribution in [0.2, 0.25) is 0 Å². The summed E-state index contributed by atoms with van der Waals surface area (Å²) in [5, 5.41) is 13.7. The Hall–Kier alpha value is -3.56. The highest BCUT2D eigenvalue weighted by Crippen LogP contribution is 2.47. The van der Waals surface area contributed by atoms with Gasteiger partial charge in [0.05, 0.1) is 35.9 Å². The van der Waals surface area contributed by atoms with E-state index in [2.05, 4.69) is 20.3 Å². The number of nitrogen functional groups attached to an aromatic ring is 1. The van der Waals surface area contributed by atoms with E-state index < -0.39 is 57.4 Å². The number of ether oxygens (including phenoxy) is 3. The molecule has 2 bridgehead atoms. The maximum absolute atomic E-state index is 16.6. The molecule has 0 radical (unpaired) electrons. The molecule has 1 unspecified atom stereocenters. The fourth-order valence-corrected chi connectivity index (χ4v) is 7.06. The Morgan fingerprint density at radius 3 is 2.70 bits per heavy atom. The molecule has 0 saturated carbocycles. The third-order valence-electron chi connectivity index (χ3n) is 9.32. The highest BCUT2D eigenvalue weighted by molar-refractivity contribution is 5.97. The number of aliphatic hydroxyl groups is 1. The first-order valence-electron chi connectivity index (χ1n) is 14.5. The molecule has 4 N–H and O–H groups in total. The van der Waals surface area contributed by atoms with Gasteiger partial charge in [-0.3, -0.25) is 0 Å². The van der Waals surface area contributed by atoms with E-state index in [9.17, 15) is 22.7 Å². The van der Waals surface area contributed by atoms with Gasteiger partial charge in [0.25, 0.3) is 0 Å². The molecular formula is C29H31F5N6O4. The van der Waals surface area contributed by atoms with Crippen LogP contribution in [0.4, 0.5) is 33.5 Å². The van der Waals surface area contributed by atoms with Crippen LogP contribution in [0.5, 0.6) is 11.9 Å². The number of halogens is 5. The van der Waals surface area contributed by atoms with Crippen molar-refractivity contribution < 1.29 is 41.3 Å². The number of fused-ring (bicyclic) bond motifs is 5. The number of nitrogens with two attached hydrogens (primary N) is 1. The second-order valence-electron chi connectivity index (χ2n) is 12.2. The zero-order valence-corrected chi connectivity index (χ0v) is 24.0. The molecule has 4 aliphatic heterocycles. The Balaban J connectivity index is 1.46. The number of rotatable bonds is 5. The standard InChI is InChI=1S/C29H31F5N6O4/c1-12-19(29(32,33)34)15(7-16(35)20(12)30)22-21(31)23-18-25(39-27(38-23)43-11-28(9-41)5-6-42-10-28)40-8-14-3-4-17(36-14)24(40)13(2)44-26(18)37-22/h7,13-14,17,24,36,41H,3-6,8-11,35H2,1-2H3/t13-,14+,17-,24+,28?/m0/s1. The molecule has 0 spiro atoms. The molecule has 7 rings (SSSR count). The summed E-state index contributed by atoms with van der Waals surface area (Å²) in [4.78, 5) is 15.3. The smallest absolute Gasteiger partial charge is 0.417 e. The summed E-state index contributed by atoms with van der Waals surface area (Å²) in [6.07, 6.45) is -3.28. The van der Waals surface area contributed by atoms with Gasteiger partial charge in [-0.1, -0.05) is 0 Å². The largest absolute Gasteiger partial charge is 0.472 e. The minimum atomic E-state index is -5.06. The minimum absolute atomic E-state index is 0.0152. The average Bonchev–Trinajstić information content (AvgIpc) is 3.59. The van der Waals surface area contributed by atoms with Gasteiger partial charge in [0, 0.05) is 30.8 Å². The molecule has 236 valence electrons. The van der Waals surface area contributed by atoms with Crippen LogP contribution in [-0.2, 0) is 10.9 Å². The molecule has 0 aliphatic carbocycles. The normalized spacial score (nSPS) is 27.8. The van der Waals surface area contributed by atoms with Crippen molar-refractivity contribution in [2.45, 2.75) is 63.5 Å². The van der Waals surface area contributed by atoms with Crippen molar-refractivity contribution in [3.8, 4) is 23.1 Å². The number of anilines is 2. The van der Waals surface area contributed by atoms with E-state index in [0.29, 0.717) is 19.6 Å². The van der Waals surface area contributed by atoms with E-state index in [1.54, 1.807) is 0 Å². The Labute approximate surface area is 248 Å². The van der Waals surface area contributed by atoms with Crippen molar-refractivity contribution in [3.05, 3.63) is 28.8 Å². The van der Waals surface area contributed by atoms with Crippen LogP contribution in [0, 0.1) is 24.0 Å². The second kappa shape index (κ2) is 10.2. The molecular weight excluding hydrogens is 591 g/mol. The van der Waals surface area contributed by atoms with Crippen LogP contribution in [0.3, 0.4) is 0 Å². The molecule has 1 aromatic carbocycles. The molecule has 15 heteroatoms. The molecule has 10 nitrogen and oxygen atoms in total. The Bertz CT molecular complexity index is 1650.